The molecule has 1 aliphatic rings. The maximum Gasteiger partial charge on any atom is 0.433 e. The van der Waals surface area contributed by atoms with Crippen LogP contribution in [0.3, 0.4) is 0 Å². The second-order valence-corrected chi connectivity index (χ2v) is 11.3. The van der Waals surface area contributed by atoms with E-state index in [0.29, 0.717) is 12.0 Å². The highest BCUT2D eigenvalue weighted by molar-refractivity contribution is 6.34. The summed E-state index contributed by atoms with van der Waals surface area (Å²) in [6, 6.07) is -0.691. The summed E-state index contributed by atoms with van der Waals surface area (Å²) in [6.07, 6.45) is 0.0955. The zero-order chi connectivity index (χ0) is 28.4. The number of hydrogen-bond donors (Lipinski definition) is 1. The van der Waals surface area contributed by atoms with Crippen LogP contribution in [0.4, 0.5) is 13.2 Å². The van der Waals surface area contributed by atoms with Crippen molar-refractivity contribution < 1.29 is 32.7 Å². The van der Waals surface area contributed by atoms with Gasteiger partial charge in [0.25, 0.3) is 5.91 Å². The van der Waals surface area contributed by atoms with E-state index in [1.165, 1.54) is 12.4 Å². The Hall–Kier alpha value is -2.95. The Bertz CT molecular complexity index is 1200. The monoisotopic (exact) mass is 556 g/mol. The van der Waals surface area contributed by atoms with Crippen LogP contribution in [0.2, 0.25) is 5.02 Å². The first-order valence-electron chi connectivity index (χ1n) is 12.5. The van der Waals surface area contributed by atoms with Crippen LogP contribution in [0.1, 0.15) is 91.4 Å². The van der Waals surface area contributed by atoms with Gasteiger partial charge in [-0.25, -0.2) is 0 Å². The minimum Gasteiger partial charge on any atom is -0.481 e. The Balaban J connectivity index is 1.98. The number of aryl methyl sites for hydroxylation is 1. The number of aromatic nitrogens is 3. The van der Waals surface area contributed by atoms with Crippen LogP contribution >= 0.6 is 11.6 Å². The predicted octanol–water partition coefficient (Wildman–Crippen LogP) is 5.70. The molecule has 1 fully saturated rings. The average Bonchev–Trinajstić information content (AvgIpc) is 3.28. The molecule has 8 nitrogen and oxygen atoms in total. The number of nitrogens with zero attached hydrogens (tertiary/aromatic N) is 4. The molecule has 208 valence electrons. The van der Waals surface area contributed by atoms with E-state index in [9.17, 15) is 32.7 Å². The van der Waals surface area contributed by atoms with Crippen molar-refractivity contribution in [3.05, 3.63) is 46.0 Å². The van der Waals surface area contributed by atoms with Gasteiger partial charge in [0.1, 0.15) is 0 Å². The Morgan fingerprint density at radius 1 is 1.11 bits per heavy atom. The SMILES string of the molecule is CCc1cncc(Cl)c1C(=O)CN(CC(C)(C)C)C(=O)c1cnn(C2CCC(C(=O)O)CC2)c1C(F)(F)F. The largest absolute Gasteiger partial charge is 0.481 e. The molecule has 0 unspecified atom stereocenters. The molecule has 0 radical (unpaired) electrons. The summed E-state index contributed by atoms with van der Waals surface area (Å²) in [5.74, 6) is -3.05. The molecule has 1 saturated carbocycles. The highest BCUT2D eigenvalue weighted by Gasteiger charge is 2.43. The summed E-state index contributed by atoms with van der Waals surface area (Å²) < 4.78 is 43.8. The molecule has 2 aromatic heterocycles. The number of pyridine rings is 1. The first-order chi connectivity index (χ1) is 17.6. The Kier molecular flexibility index (Phi) is 8.90. The second-order valence-electron chi connectivity index (χ2n) is 10.8. The van der Waals surface area contributed by atoms with Gasteiger partial charge in [-0.1, -0.05) is 39.3 Å². The van der Waals surface area contributed by atoms with E-state index < -0.39 is 59.0 Å². The molecule has 0 spiro atoms. The van der Waals surface area contributed by atoms with Gasteiger partial charge in [-0.05, 0) is 43.1 Å². The van der Waals surface area contributed by atoms with E-state index in [4.69, 9.17) is 11.6 Å². The fraction of sp³-hybridized carbons (Fsp3) is 0.577. The number of carboxylic acids is 1. The molecule has 2 heterocycles. The number of ketones is 1. The van der Waals surface area contributed by atoms with E-state index in [1.807, 2.05) is 27.7 Å². The van der Waals surface area contributed by atoms with Gasteiger partial charge in [0, 0.05) is 24.5 Å². The van der Waals surface area contributed by atoms with Gasteiger partial charge < -0.3 is 10.0 Å². The van der Waals surface area contributed by atoms with E-state index >= 15 is 0 Å². The lowest BCUT2D eigenvalue weighted by Gasteiger charge is -2.31. The lowest BCUT2D eigenvalue weighted by atomic mass is 9.86. The number of carboxylic acid groups (broad SMARTS) is 1. The molecular weight excluding hydrogens is 525 g/mol. The fourth-order valence-corrected chi connectivity index (χ4v) is 5.18. The average molecular weight is 557 g/mol. The molecule has 2 aromatic rings. The number of hydrogen-bond acceptors (Lipinski definition) is 5. The van der Waals surface area contributed by atoms with Crippen LogP contribution in [0, 0.1) is 11.3 Å². The van der Waals surface area contributed by atoms with Gasteiger partial charge in [0.05, 0.1) is 35.3 Å². The predicted molar refractivity (Wildman–Crippen MR) is 134 cm³/mol. The zero-order valence-corrected chi connectivity index (χ0v) is 22.6. The Labute approximate surface area is 224 Å². The standard InChI is InChI=1S/C26H32ClF3N4O4/c1-5-15-10-31-12-19(27)21(15)20(35)13-33(14-25(2,3)4)23(36)18-11-32-34(22(18)26(28,29)30)17-8-6-16(7-9-17)24(37)38/h10-12,16-17H,5-9,13-14H2,1-4H3,(H,37,38). The van der Waals surface area contributed by atoms with E-state index in [0.717, 1.165) is 15.8 Å². The van der Waals surface area contributed by atoms with Gasteiger partial charge >= 0.3 is 12.1 Å². The van der Waals surface area contributed by atoms with Crippen LogP contribution in [0.25, 0.3) is 0 Å². The lowest BCUT2D eigenvalue weighted by molar-refractivity contribution is -0.147. The summed E-state index contributed by atoms with van der Waals surface area (Å²) in [4.78, 5) is 43.3. The summed E-state index contributed by atoms with van der Waals surface area (Å²) in [6.45, 7) is 6.78. The van der Waals surface area contributed by atoms with Crippen molar-refractivity contribution in [2.75, 3.05) is 13.1 Å². The van der Waals surface area contributed by atoms with Crippen LogP contribution in [-0.2, 0) is 17.4 Å². The molecule has 1 amide bonds. The van der Waals surface area contributed by atoms with Crippen molar-refractivity contribution in [3.63, 3.8) is 0 Å². The van der Waals surface area contributed by atoms with Crippen molar-refractivity contribution >= 4 is 29.3 Å². The maximum atomic E-state index is 14.3. The smallest absolute Gasteiger partial charge is 0.433 e. The van der Waals surface area contributed by atoms with Gasteiger partial charge in [0.2, 0.25) is 0 Å². The summed E-state index contributed by atoms with van der Waals surface area (Å²) in [5.41, 5.74) is -1.60. The molecule has 1 aliphatic carbocycles. The van der Waals surface area contributed by atoms with Crippen molar-refractivity contribution in [2.45, 2.75) is 72.0 Å². The van der Waals surface area contributed by atoms with Gasteiger partial charge in [0.15, 0.2) is 11.5 Å². The molecule has 0 bridgehead atoms. The van der Waals surface area contributed by atoms with Crippen LogP contribution in [0.5, 0.6) is 0 Å². The van der Waals surface area contributed by atoms with Crippen molar-refractivity contribution in [1.29, 1.82) is 0 Å². The maximum absolute atomic E-state index is 14.3. The highest BCUT2D eigenvalue weighted by atomic mass is 35.5. The second kappa shape index (κ2) is 11.4. The Morgan fingerprint density at radius 3 is 2.26 bits per heavy atom. The van der Waals surface area contributed by atoms with Gasteiger partial charge in [-0.15, -0.1) is 0 Å². The molecule has 0 saturated heterocycles. The third kappa shape index (κ3) is 6.73. The number of halogens is 4. The number of carbonyl (C=O) groups excluding carboxylic acids is 2. The fourth-order valence-electron chi connectivity index (χ4n) is 4.90. The molecular formula is C26H32ClF3N4O4. The minimum absolute atomic E-state index is 0.00787. The van der Waals surface area contributed by atoms with Crippen molar-refractivity contribution in [3.8, 4) is 0 Å². The number of amides is 1. The first kappa shape index (κ1) is 29.6. The lowest BCUT2D eigenvalue weighted by Crippen LogP contribution is -2.42. The van der Waals surface area contributed by atoms with E-state index in [-0.39, 0.29) is 42.8 Å². The number of Topliss-reactive ketones (excluding diaryl/α,β-unsaturated/α-hetero) is 1. The zero-order valence-electron chi connectivity index (χ0n) is 21.8. The molecule has 38 heavy (non-hydrogen) atoms. The van der Waals surface area contributed by atoms with Gasteiger partial charge in [-0.2, -0.15) is 18.3 Å². The van der Waals surface area contributed by atoms with E-state index in [1.54, 1.807) is 0 Å². The van der Waals surface area contributed by atoms with Crippen LogP contribution < -0.4 is 0 Å². The van der Waals surface area contributed by atoms with Gasteiger partial charge in [-0.3, -0.25) is 24.0 Å². The minimum atomic E-state index is -4.90. The number of carbonyl (C=O) groups is 3. The normalized spacial score (nSPS) is 18.3. The summed E-state index contributed by atoms with van der Waals surface area (Å²) in [7, 11) is 0. The third-order valence-corrected chi connectivity index (χ3v) is 6.90. The third-order valence-electron chi connectivity index (χ3n) is 6.61. The Morgan fingerprint density at radius 2 is 1.74 bits per heavy atom. The highest BCUT2D eigenvalue weighted by Crippen LogP contribution is 2.39. The van der Waals surface area contributed by atoms with Crippen LogP contribution in [0.15, 0.2) is 18.6 Å². The number of aliphatic carboxylic acids is 1. The quantitative estimate of drug-likeness (QED) is 0.418. The first-order valence-corrected chi connectivity index (χ1v) is 12.8. The van der Waals surface area contributed by atoms with Crippen LogP contribution in [-0.4, -0.2) is 55.5 Å². The van der Waals surface area contributed by atoms with Crippen molar-refractivity contribution in [1.82, 2.24) is 19.7 Å². The topological polar surface area (TPSA) is 105 Å². The molecule has 0 aliphatic heterocycles. The molecule has 0 aromatic carbocycles. The van der Waals surface area contributed by atoms with Crippen molar-refractivity contribution in [2.24, 2.45) is 11.3 Å². The van der Waals surface area contributed by atoms with E-state index in [2.05, 4.69) is 10.1 Å². The molecule has 1 N–H and O–H groups in total. The molecule has 3 rings (SSSR count). The number of alkyl halides is 3. The number of rotatable bonds is 8. The summed E-state index contributed by atoms with van der Waals surface area (Å²) >= 11 is 6.23. The summed E-state index contributed by atoms with van der Waals surface area (Å²) in [5, 5.41) is 13.3. The molecule has 0 atom stereocenters. The molecule has 12 heteroatoms.